The van der Waals surface area contributed by atoms with Crippen LogP contribution in [0.4, 0.5) is 0 Å². The van der Waals surface area contributed by atoms with Crippen LogP contribution in [-0.2, 0) is 7.05 Å². The Balaban J connectivity index is 1.60. The number of aromatic nitrogens is 5. The number of carbonyl (C=O) groups excluding carboxylic acids is 1. The fourth-order valence-electron chi connectivity index (χ4n) is 2.79. The maximum atomic E-state index is 12.3. The number of carbonyl (C=O) groups is 1. The Bertz CT molecular complexity index is 1150. The van der Waals surface area contributed by atoms with E-state index in [0.717, 1.165) is 27.9 Å². The number of amides is 1. The van der Waals surface area contributed by atoms with E-state index in [1.54, 1.807) is 27.8 Å². The quantitative estimate of drug-likeness (QED) is 0.540. The van der Waals surface area contributed by atoms with Crippen molar-refractivity contribution in [2.24, 2.45) is 12.8 Å². The van der Waals surface area contributed by atoms with Crippen LogP contribution in [0.15, 0.2) is 42.4 Å². The van der Waals surface area contributed by atoms with E-state index in [4.69, 9.17) is 5.73 Å². The molecule has 3 N–H and O–H groups in total. The molecule has 0 unspecified atom stereocenters. The van der Waals surface area contributed by atoms with E-state index in [-0.39, 0.29) is 5.91 Å². The van der Waals surface area contributed by atoms with Gasteiger partial charge in [-0.15, -0.1) is 11.3 Å². The van der Waals surface area contributed by atoms with Crippen molar-refractivity contribution in [2.45, 2.75) is 19.4 Å². The SMILES string of the molecule is Cn1cc(-c2cnc3c(-c4csc(C(=O)NCC(C)(C)N)c4)cnn3c2)cn1. The average Bonchev–Trinajstić information content (AvgIpc) is 3.37. The predicted molar refractivity (Wildman–Crippen MR) is 109 cm³/mol. The van der Waals surface area contributed by atoms with Gasteiger partial charge in [0.15, 0.2) is 5.65 Å². The minimum absolute atomic E-state index is 0.127. The van der Waals surface area contributed by atoms with Gasteiger partial charge in [-0.05, 0) is 30.9 Å². The summed E-state index contributed by atoms with van der Waals surface area (Å²) in [4.78, 5) is 17.5. The van der Waals surface area contributed by atoms with Crippen molar-refractivity contribution >= 4 is 22.9 Å². The van der Waals surface area contributed by atoms with Gasteiger partial charge in [0.2, 0.25) is 0 Å². The van der Waals surface area contributed by atoms with Crippen molar-refractivity contribution in [3.05, 3.63) is 47.3 Å². The number of hydrogen-bond donors (Lipinski definition) is 2. The normalized spacial score (nSPS) is 11.9. The van der Waals surface area contributed by atoms with Crippen molar-refractivity contribution in [3.8, 4) is 22.3 Å². The van der Waals surface area contributed by atoms with Gasteiger partial charge < -0.3 is 11.1 Å². The van der Waals surface area contributed by atoms with Crippen LogP contribution in [0.2, 0.25) is 0 Å². The Hall–Kier alpha value is -3.04. The summed E-state index contributed by atoms with van der Waals surface area (Å²) in [6.45, 7) is 4.16. The molecule has 8 nitrogen and oxygen atoms in total. The first-order valence-electron chi connectivity index (χ1n) is 8.78. The van der Waals surface area contributed by atoms with Gasteiger partial charge in [-0.1, -0.05) is 0 Å². The minimum atomic E-state index is -0.450. The van der Waals surface area contributed by atoms with Crippen molar-refractivity contribution in [3.63, 3.8) is 0 Å². The van der Waals surface area contributed by atoms with Crippen LogP contribution in [0.25, 0.3) is 27.9 Å². The highest BCUT2D eigenvalue weighted by molar-refractivity contribution is 7.12. The van der Waals surface area contributed by atoms with E-state index in [2.05, 4.69) is 20.5 Å². The van der Waals surface area contributed by atoms with Gasteiger partial charge in [0, 0.05) is 54.4 Å². The molecule has 4 heterocycles. The van der Waals surface area contributed by atoms with Gasteiger partial charge in [0.05, 0.1) is 17.3 Å². The second kappa shape index (κ2) is 6.84. The molecule has 1 amide bonds. The topological polar surface area (TPSA) is 103 Å². The molecule has 28 heavy (non-hydrogen) atoms. The Morgan fingerprint density at radius 1 is 1.18 bits per heavy atom. The van der Waals surface area contributed by atoms with E-state index in [1.807, 2.05) is 44.7 Å². The highest BCUT2D eigenvalue weighted by Crippen LogP contribution is 2.29. The smallest absolute Gasteiger partial charge is 0.261 e. The Morgan fingerprint density at radius 3 is 2.68 bits per heavy atom. The molecule has 0 aliphatic carbocycles. The molecule has 9 heteroatoms. The molecule has 0 spiro atoms. The number of hydrogen-bond acceptors (Lipinski definition) is 6. The largest absolute Gasteiger partial charge is 0.350 e. The molecule has 0 bridgehead atoms. The number of nitrogens with one attached hydrogen (secondary N) is 1. The molecule has 0 aliphatic heterocycles. The van der Waals surface area contributed by atoms with Crippen LogP contribution in [0, 0.1) is 0 Å². The lowest BCUT2D eigenvalue weighted by Gasteiger charge is -2.18. The predicted octanol–water partition coefficient (Wildman–Crippen LogP) is 2.33. The van der Waals surface area contributed by atoms with Crippen molar-refractivity contribution in [2.75, 3.05) is 6.54 Å². The van der Waals surface area contributed by atoms with E-state index in [1.165, 1.54) is 11.3 Å². The van der Waals surface area contributed by atoms with E-state index >= 15 is 0 Å². The van der Waals surface area contributed by atoms with Crippen LogP contribution in [0.3, 0.4) is 0 Å². The van der Waals surface area contributed by atoms with Crippen LogP contribution >= 0.6 is 11.3 Å². The van der Waals surface area contributed by atoms with Crippen molar-refractivity contribution in [1.82, 2.24) is 29.7 Å². The van der Waals surface area contributed by atoms with Crippen molar-refractivity contribution in [1.29, 1.82) is 0 Å². The first-order chi connectivity index (χ1) is 13.3. The zero-order chi connectivity index (χ0) is 19.9. The minimum Gasteiger partial charge on any atom is -0.350 e. The fraction of sp³-hybridized carbons (Fsp3) is 0.263. The highest BCUT2D eigenvalue weighted by Gasteiger charge is 2.17. The van der Waals surface area contributed by atoms with Crippen molar-refractivity contribution < 1.29 is 4.79 Å². The monoisotopic (exact) mass is 395 g/mol. The Morgan fingerprint density at radius 2 is 1.96 bits per heavy atom. The summed E-state index contributed by atoms with van der Waals surface area (Å²) in [5.74, 6) is -0.127. The molecule has 4 rings (SSSR count). The summed E-state index contributed by atoms with van der Waals surface area (Å²) < 4.78 is 3.49. The lowest BCUT2D eigenvalue weighted by Crippen LogP contribution is -2.44. The maximum absolute atomic E-state index is 12.3. The molecule has 0 fully saturated rings. The Labute approximate surface area is 166 Å². The van der Waals surface area contributed by atoms with E-state index in [0.29, 0.717) is 11.4 Å². The van der Waals surface area contributed by atoms with Crippen LogP contribution in [0.1, 0.15) is 23.5 Å². The summed E-state index contributed by atoms with van der Waals surface area (Å²) >= 11 is 1.39. The van der Waals surface area contributed by atoms with Gasteiger partial charge in [0.25, 0.3) is 5.91 Å². The maximum Gasteiger partial charge on any atom is 0.261 e. The first-order valence-corrected chi connectivity index (χ1v) is 9.66. The third-order valence-electron chi connectivity index (χ3n) is 4.23. The lowest BCUT2D eigenvalue weighted by molar-refractivity contribution is 0.0950. The molecular formula is C19H21N7OS. The van der Waals surface area contributed by atoms with Gasteiger partial charge in [-0.25, -0.2) is 9.50 Å². The fourth-order valence-corrected chi connectivity index (χ4v) is 3.61. The molecule has 4 aromatic heterocycles. The molecular weight excluding hydrogens is 374 g/mol. The number of thiophene rings is 1. The summed E-state index contributed by atoms with van der Waals surface area (Å²) in [5, 5.41) is 13.4. The van der Waals surface area contributed by atoms with Crippen LogP contribution in [0.5, 0.6) is 0 Å². The molecule has 0 aromatic carbocycles. The van der Waals surface area contributed by atoms with E-state index < -0.39 is 5.54 Å². The lowest BCUT2D eigenvalue weighted by atomic mass is 10.1. The van der Waals surface area contributed by atoms with Crippen LogP contribution < -0.4 is 11.1 Å². The number of nitrogens with two attached hydrogens (primary N) is 1. The van der Waals surface area contributed by atoms with Gasteiger partial charge in [-0.2, -0.15) is 10.2 Å². The summed E-state index contributed by atoms with van der Waals surface area (Å²) in [7, 11) is 1.88. The molecule has 0 saturated heterocycles. The van der Waals surface area contributed by atoms with Gasteiger partial charge in [-0.3, -0.25) is 9.48 Å². The summed E-state index contributed by atoms with van der Waals surface area (Å²) in [6.07, 6.45) is 9.22. The first kappa shape index (κ1) is 18.3. The second-order valence-corrected chi connectivity index (χ2v) is 8.35. The molecule has 0 saturated carbocycles. The zero-order valence-electron chi connectivity index (χ0n) is 15.9. The number of nitrogens with zero attached hydrogens (tertiary/aromatic N) is 5. The van der Waals surface area contributed by atoms with E-state index in [9.17, 15) is 4.79 Å². The number of fused-ring (bicyclic) bond motifs is 1. The Kier molecular flexibility index (Phi) is 4.48. The second-order valence-electron chi connectivity index (χ2n) is 7.44. The highest BCUT2D eigenvalue weighted by atomic mass is 32.1. The molecule has 144 valence electrons. The number of aryl methyl sites for hydroxylation is 1. The van der Waals surface area contributed by atoms with Gasteiger partial charge in [0.1, 0.15) is 0 Å². The standard InChI is InChI=1S/C19H21N7OS/c1-19(2,20)11-22-18(27)16-4-12(10-28-16)15-7-24-26-9-13(5-21-17(15)26)14-6-23-25(3)8-14/h4-10H,11,20H2,1-3H3,(H,22,27). The molecule has 0 atom stereocenters. The average molecular weight is 395 g/mol. The summed E-state index contributed by atoms with van der Waals surface area (Å²) in [6, 6.07) is 1.86. The third kappa shape index (κ3) is 3.67. The zero-order valence-corrected chi connectivity index (χ0v) is 16.7. The molecule has 0 aliphatic rings. The number of rotatable bonds is 5. The van der Waals surface area contributed by atoms with Gasteiger partial charge >= 0.3 is 0 Å². The van der Waals surface area contributed by atoms with Crippen LogP contribution in [-0.4, -0.2) is 42.4 Å². The third-order valence-corrected chi connectivity index (χ3v) is 5.16. The summed E-state index contributed by atoms with van der Waals surface area (Å²) in [5.41, 5.74) is 9.92. The molecule has 4 aromatic rings. The molecule has 0 radical (unpaired) electrons.